The molecule has 0 bridgehead atoms. The summed E-state index contributed by atoms with van der Waals surface area (Å²) in [4.78, 5) is 29.5. The molecule has 1 aromatic rings. The molecule has 1 aromatic heterocycles. The number of rotatable bonds is 5. The fraction of sp³-hybridized carbons (Fsp3) is 0.500. The Bertz CT molecular complexity index is 715. The topological polar surface area (TPSA) is 74.0 Å². The van der Waals surface area contributed by atoms with E-state index in [0.29, 0.717) is 28.0 Å². The lowest BCUT2D eigenvalue weighted by atomic mass is 9.98. The van der Waals surface area contributed by atoms with Gasteiger partial charge in [0.25, 0.3) is 5.91 Å². The standard InChI is InChI=1S/C18H22N2O4S2/c1-12(16(22)19-8-3-2-5-13(19)7-9-21)20-17(23)15(26-18(20)25)11-14-6-4-10-24-14/h4,6,10-13,21H,2-3,5,7-9H2,1H3/b15-11-/t12-,13+/m0/s1. The highest BCUT2D eigenvalue weighted by molar-refractivity contribution is 8.26. The maximum atomic E-state index is 13.0. The van der Waals surface area contributed by atoms with Crippen LogP contribution in [0.15, 0.2) is 27.7 Å². The van der Waals surface area contributed by atoms with E-state index in [1.807, 2.05) is 0 Å². The Morgan fingerprint density at radius 3 is 3.04 bits per heavy atom. The van der Waals surface area contributed by atoms with Crippen molar-refractivity contribution in [1.29, 1.82) is 0 Å². The van der Waals surface area contributed by atoms with Crippen LogP contribution in [0.4, 0.5) is 0 Å². The van der Waals surface area contributed by atoms with Crippen molar-refractivity contribution in [3.63, 3.8) is 0 Å². The van der Waals surface area contributed by atoms with E-state index in [9.17, 15) is 14.7 Å². The molecule has 2 fully saturated rings. The minimum Gasteiger partial charge on any atom is -0.465 e. The highest BCUT2D eigenvalue weighted by atomic mass is 32.2. The van der Waals surface area contributed by atoms with Gasteiger partial charge in [-0.1, -0.05) is 24.0 Å². The summed E-state index contributed by atoms with van der Waals surface area (Å²) in [5.41, 5.74) is 0. The van der Waals surface area contributed by atoms with Crippen LogP contribution >= 0.6 is 24.0 Å². The predicted molar refractivity (Wildman–Crippen MR) is 104 cm³/mol. The van der Waals surface area contributed by atoms with Gasteiger partial charge in [-0.3, -0.25) is 14.5 Å². The van der Waals surface area contributed by atoms with E-state index in [1.165, 1.54) is 22.9 Å². The number of hydrogen-bond acceptors (Lipinski definition) is 6. The molecule has 26 heavy (non-hydrogen) atoms. The Balaban J connectivity index is 1.76. The third kappa shape index (κ3) is 3.87. The number of aliphatic hydroxyl groups is 1. The average molecular weight is 395 g/mol. The number of aliphatic hydroxyl groups excluding tert-OH is 1. The first kappa shape index (κ1) is 19.1. The lowest BCUT2D eigenvalue weighted by molar-refractivity contribution is -0.142. The van der Waals surface area contributed by atoms with Gasteiger partial charge in [0.1, 0.15) is 16.1 Å². The molecule has 140 valence electrons. The van der Waals surface area contributed by atoms with Crippen molar-refractivity contribution < 1.29 is 19.1 Å². The summed E-state index contributed by atoms with van der Waals surface area (Å²) < 4.78 is 5.63. The maximum Gasteiger partial charge on any atom is 0.267 e. The normalized spacial score (nSPS) is 23.8. The minimum atomic E-state index is -0.663. The van der Waals surface area contributed by atoms with Gasteiger partial charge in [0.2, 0.25) is 5.91 Å². The van der Waals surface area contributed by atoms with Crippen molar-refractivity contribution >= 4 is 46.2 Å². The van der Waals surface area contributed by atoms with Crippen LogP contribution < -0.4 is 0 Å². The number of hydrogen-bond donors (Lipinski definition) is 1. The SMILES string of the molecule is C[C@@H](C(=O)N1CCCC[C@@H]1CCO)N1C(=O)/C(=C/c2ccco2)SC1=S. The molecule has 2 aliphatic heterocycles. The van der Waals surface area contributed by atoms with Crippen LogP contribution in [0.2, 0.25) is 0 Å². The summed E-state index contributed by atoms with van der Waals surface area (Å²) in [7, 11) is 0. The van der Waals surface area contributed by atoms with E-state index in [-0.39, 0.29) is 24.5 Å². The molecule has 6 nitrogen and oxygen atoms in total. The van der Waals surface area contributed by atoms with Crippen LogP contribution in [-0.2, 0) is 9.59 Å². The second kappa shape index (κ2) is 8.37. The van der Waals surface area contributed by atoms with Gasteiger partial charge in [0, 0.05) is 25.3 Å². The first-order chi connectivity index (χ1) is 12.5. The van der Waals surface area contributed by atoms with Gasteiger partial charge >= 0.3 is 0 Å². The number of likely N-dealkylation sites (tertiary alicyclic amines) is 1. The quantitative estimate of drug-likeness (QED) is 0.611. The van der Waals surface area contributed by atoms with Crippen molar-refractivity contribution in [2.45, 2.75) is 44.7 Å². The average Bonchev–Trinajstić information content (AvgIpc) is 3.23. The minimum absolute atomic E-state index is 0.0285. The van der Waals surface area contributed by atoms with Gasteiger partial charge in [-0.15, -0.1) is 0 Å². The Hall–Kier alpha value is -1.64. The number of furan rings is 1. The van der Waals surface area contributed by atoms with Crippen LogP contribution in [-0.4, -0.2) is 56.3 Å². The third-order valence-corrected chi connectivity index (χ3v) is 6.09. The number of thioether (sulfide) groups is 1. The number of carbonyl (C=O) groups excluding carboxylic acids is 2. The molecule has 2 aliphatic rings. The Kier molecular flexibility index (Phi) is 6.16. The summed E-state index contributed by atoms with van der Waals surface area (Å²) in [6.45, 7) is 2.42. The van der Waals surface area contributed by atoms with Gasteiger partial charge in [-0.05, 0) is 44.7 Å². The van der Waals surface area contributed by atoms with Gasteiger partial charge in [0.15, 0.2) is 0 Å². The first-order valence-corrected chi connectivity index (χ1v) is 9.97. The van der Waals surface area contributed by atoms with E-state index in [1.54, 1.807) is 30.0 Å². The second-order valence-corrected chi connectivity index (χ2v) is 8.11. The van der Waals surface area contributed by atoms with Gasteiger partial charge in [0.05, 0.1) is 11.2 Å². The molecule has 2 saturated heterocycles. The van der Waals surface area contributed by atoms with E-state index in [0.717, 1.165) is 19.3 Å². The van der Waals surface area contributed by atoms with Crippen LogP contribution in [0.5, 0.6) is 0 Å². The van der Waals surface area contributed by atoms with Gasteiger partial charge in [-0.2, -0.15) is 0 Å². The molecule has 0 aliphatic carbocycles. The van der Waals surface area contributed by atoms with Crippen molar-refractivity contribution in [2.75, 3.05) is 13.2 Å². The summed E-state index contributed by atoms with van der Waals surface area (Å²) in [6, 6.07) is 2.87. The predicted octanol–water partition coefficient (Wildman–Crippen LogP) is 2.63. The summed E-state index contributed by atoms with van der Waals surface area (Å²) >= 11 is 6.54. The monoisotopic (exact) mass is 394 g/mol. The van der Waals surface area contributed by atoms with Crippen molar-refractivity contribution in [3.8, 4) is 0 Å². The Labute approximate surface area is 162 Å². The number of carbonyl (C=O) groups is 2. The first-order valence-electron chi connectivity index (χ1n) is 8.75. The maximum absolute atomic E-state index is 13.0. The molecular weight excluding hydrogens is 372 g/mol. The molecule has 1 N–H and O–H groups in total. The smallest absolute Gasteiger partial charge is 0.267 e. The number of thiocarbonyl (C=S) groups is 1. The largest absolute Gasteiger partial charge is 0.465 e. The summed E-state index contributed by atoms with van der Waals surface area (Å²) in [5.74, 6) is 0.190. The summed E-state index contributed by atoms with van der Waals surface area (Å²) in [5, 5.41) is 9.27. The molecule has 2 atom stereocenters. The molecule has 0 spiro atoms. The molecule has 0 unspecified atom stereocenters. The fourth-order valence-corrected chi connectivity index (χ4v) is 4.81. The zero-order valence-corrected chi connectivity index (χ0v) is 16.2. The van der Waals surface area contributed by atoms with E-state index in [2.05, 4.69) is 0 Å². The second-order valence-electron chi connectivity index (χ2n) is 6.44. The van der Waals surface area contributed by atoms with Crippen molar-refractivity contribution in [3.05, 3.63) is 29.1 Å². The molecular formula is C18H22N2O4S2. The lowest BCUT2D eigenvalue weighted by Crippen LogP contribution is -2.53. The fourth-order valence-electron chi connectivity index (χ4n) is 3.41. The Morgan fingerprint density at radius 2 is 2.35 bits per heavy atom. The number of piperidine rings is 1. The van der Waals surface area contributed by atoms with Crippen molar-refractivity contribution in [2.24, 2.45) is 0 Å². The number of nitrogens with zero attached hydrogens (tertiary/aromatic N) is 2. The summed E-state index contributed by atoms with van der Waals surface area (Å²) in [6.07, 6.45) is 6.63. The molecule has 8 heteroatoms. The molecule has 0 radical (unpaired) electrons. The highest BCUT2D eigenvalue weighted by Gasteiger charge is 2.41. The van der Waals surface area contributed by atoms with Crippen LogP contribution in [0, 0.1) is 0 Å². The van der Waals surface area contributed by atoms with Gasteiger partial charge in [-0.25, -0.2) is 0 Å². The third-order valence-electron chi connectivity index (χ3n) is 4.76. The molecule has 3 rings (SSSR count). The highest BCUT2D eigenvalue weighted by Crippen LogP contribution is 2.34. The van der Waals surface area contributed by atoms with E-state index in [4.69, 9.17) is 16.6 Å². The zero-order valence-electron chi connectivity index (χ0n) is 14.6. The van der Waals surface area contributed by atoms with E-state index < -0.39 is 6.04 Å². The molecule has 3 heterocycles. The zero-order chi connectivity index (χ0) is 18.7. The lowest BCUT2D eigenvalue weighted by Gasteiger charge is -2.38. The van der Waals surface area contributed by atoms with Crippen LogP contribution in [0.25, 0.3) is 6.08 Å². The Morgan fingerprint density at radius 1 is 1.54 bits per heavy atom. The molecule has 0 saturated carbocycles. The molecule has 0 aromatic carbocycles. The van der Waals surface area contributed by atoms with Gasteiger partial charge < -0.3 is 14.4 Å². The van der Waals surface area contributed by atoms with E-state index >= 15 is 0 Å². The van der Waals surface area contributed by atoms with Crippen LogP contribution in [0.1, 0.15) is 38.4 Å². The van der Waals surface area contributed by atoms with Crippen molar-refractivity contribution in [1.82, 2.24) is 9.80 Å². The number of amides is 2. The van der Waals surface area contributed by atoms with Crippen LogP contribution in [0.3, 0.4) is 0 Å². The molecule has 2 amide bonds.